The van der Waals surface area contributed by atoms with E-state index < -0.39 is 0 Å². The van der Waals surface area contributed by atoms with Gasteiger partial charge in [-0.15, -0.1) is 0 Å². The van der Waals surface area contributed by atoms with Gasteiger partial charge in [-0.2, -0.15) is 0 Å². The molecule has 0 bridgehead atoms. The van der Waals surface area contributed by atoms with E-state index in [2.05, 4.69) is 43.8 Å². The van der Waals surface area contributed by atoms with Crippen LogP contribution in [0.1, 0.15) is 12.0 Å². The zero-order chi connectivity index (χ0) is 13.7. The van der Waals surface area contributed by atoms with Crippen LogP contribution in [0, 0.1) is 6.92 Å². The Balaban J connectivity index is 2.08. The molecule has 2 aromatic rings. The summed E-state index contributed by atoms with van der Waals surface area (Å²) in [4.78, 5) is 4.35. The Labute approximate surface area is 121 Å². The van der Waals surface area contributed by atoms with Gasteiger partial charge in [-0.3, -0.25) is 0 Å². The molecule has 0 radical (unpaired) electrons. The van der Waals surface area contributed by atoms with Crippen LogP contribution >= 0.6 is 15.9 Å². The van der Waals surface area contributed by atoms with Crippen molar-refractivity contribution in [2.24, 2.45) is 0 Å². The predicted molar refractivity (Wildman–Crippen MR) is 80.9 cm³/mol. The van der Waals surface area contributed by atoms with Crippen molar-refractivity contribution in [3.8, 4) is 0 Å². The number of methoxy groups -OCH3 is 1. The first-order valence-corrected chi connectivity index (χ1v) is 7.03. The van der Waals surface area contributed by atoms with Crippen molar-refractivity contribution in [1.82, 2.24) is 9.55 Å². The van der Waals surface area contributed by atoms with Gasteiger partial charge in [-0.05, 0) is 37.1 Å². The van der Waals surface area contributed by atoms with Gasteiger partial charge in [-0.1, -0.05) is 15.9 Å². The molecule has 19 heavy (non-hydrogen) atoms. The maximum Gasteiger partial charge on any atom is 0.207 e. The van der Waals surface area contributed by atoms with Crippen LogP contribution in [0.3, 0.4) is 0 Å². The van der Waals surface area contributed by atoms with Gasteiger partial charge in [-0.25, -0.2) is 4.98 Å². The molecule has 2 rings (SSSR count). The Hall–Kier alpha value is -1.33. The second-order valence-corrected chi connectivity index (χ2v) is 5.29. The Morgan fingerprint density at radius 3 is 3.00 bits per heavy atom. The number of halogens is 1. The van der Waals surface area contributed by atoms with Gasteiger partial charge in [0.05, 0.1) is 0 Å². The molecule has 1 heterocycles. The van der Waals surface area contributed by atoms with E-state index in [1.165, 1.54) is 5.56 Å². The van der Waals surface area contributed by atoms with Crippen LogP contribution in [0.25, 0.3) is 0 Å². The fourth-order valence-corrected chi connectivity index (χ4v) is 2.36. The fourth-order valence-electron chi connectivity index (χ4n) is 1.88. The topological polar surface area (TPSA) is 39.1 Å². The van der Waals surface area contributed by atoms with E-state index in [0.29, 0.717) is 0 Å². The molecule has 0 fully saturated rings. The molecular weight excluding hydrogens is 306 g/mol. The van der Waals surface area contributed by atoms with E-state index in [0.717, 1.165) is 35.7 Å². The number of aryl methyl sites for hydroxylation is 2. The van der Waals surface area contributed by atoms with Crippen molar-refractivity contribution >= 4 is 27.6 Å². The highest BCUT2D eigenvalue weighted by atomic mass is 79.9. The monoisotopic (exact) mass is 323 g/mol. The molecule has 1 aromatic heterocycles. The molecular formula is C14H18BrN3O. The average molecular weight is 324 g/mol. The number of rotatable bonds is 6. The van der Waals surface area contributed by atoms with E-state index in [1.54, 1.807) is 7.11 Å². The molecule has 1 aromatic carbocycles. The molecule has 0 unspecified atom stereocenters. The molecule has 0 spiro atoms. The second kappa shape index (κ2) is 6.73. The lowest BCUT2D eigenvalue weighted by molar-refractivity contribution is 0.190. The van der Waals surface area contributed by atoms with Gasteiger partial charge in [0.15, 0.2) is 0 Å². The highest BCUT2D eigenvalue weighted by molar-refractivity contribution is 9.10. The van der Waals surface area contributed by atoms with Crippen LogP contribution in [0.5, 0.6) is 0 Å². The first kappa shape index (κ1) is 14.1. The summed E-state index contributed by atoms with van der Waals surface area (Å²) in [5.74, 6) is 0.863. The molecule has 0 aliphatic heterocycles. The molecule has 0 aliphatic rings. The first-order chi connectivity index (χ1) is 9.20. The van der Waals surface area contributed by atoms with Crippen LogP contribution in [0.15, 0.2) is 35.1 Å². The van der Waals surface area contributed by atoms with Crippen molar-refractivity contribution in [2.75, 3.05) is 19.0 Å². The molecule has 5 heteroatoms. The first-order valence-electron chi connectivity index (χ1n) is 6.24. The summed E-state index contributed by atoms with van der Waals surface area (Å²) in [5, 5.41) is 3.37. The Morgan fingerprint density at radius 2 is 2.26 bits per heavy atom. The number of nitrogens with zero attached hydrogens (tertiary/aromatic N) is 2. The third-order valence-electron chi connectivity index (χ3n) is 2.90. The number of hydrogen-bond donors (Lipinski definition) is 1. The van der Waals surface area contributed by atoms with Crippen LogP contribution in [-0.4, -0.2) is 23.3 Å². The predicted octanol–water partition coefficient (Wildman–Crippen LogP) is 3.73. The van der Waals surface area contributed by atoms with Crippen molar-refractivity contribution in [3.05, 3.63) is 40.6 Å². The van der Waals surface area contributed by atoms with Gasteiger partial charge in [0, 0.05) is 42.8 Å². The van der Waals surface area contributed by atoms with E-state index >= 15 is 0 Å². The lowest BCUT2D eigenvalue weighted by atomic mass is 10.2. The fraction of sp³-hybridized carbons (Fsp3) is 0.357. The molecule has 0 atom stereocenters. The number of hydrogen-bond acceptors (Lipinski definition) is 3. The summed E-state index contributed by atoms with van der Waals surface area (Å²) < 4.78 is 8.25. The minimum Gasteiger partial charge on any atom is -0.385 e. The maximum absolute atomic E-state index is 5.07. The minimum absolute atomic E-state index is 0.759. The zero-order valence-corrected chi connectivity index (χ0v) is 12.8. The number of benzene rings is 1. The third-order valence-corrected chi connectivity index (χ3v) is 3.39. The molecule has 0 saturated carbocycles. The Morgan fingerprint density at radius 1 is 1.42 bits per heavy atom. The Bertz CT molecular complexity index is 539. The standard InChI is InChI=1S/C14H18BrN3O/c1-11-10-12(15)4-5-13(11)17-14-16-6-8-18(14)7-3-9-19-2/h4-6,8,10H,3,7,9H2,1-2H3,(H,16,17). The summed E-state index contributed by atoms with van der Waals surface area (Å²) in [6.07, 6.45) is 4.76. The molecule has 0 aliphatic carbocycles. The Kier molecular flexibility index (Phi) is 4.99. The molecule has 0 saturated heterocycles. The van der Waals surface area contributed by atoms with Crippen molar-refractivity contribution < 1.29 is 4.74 Å². The van der Waals surface area contributed by atoms with Crippen molar-refractivity contribution in [2.45, 2.75) is 19.9 Å². The molecule has 1 N–H and O–H groups in total. The highest BCUT2D eigenvalue weighted by Crippen LogP contribution is 2.23. The van der Waals surface area contributed by atoms with E-state index in [9.17, 15) is 0 Å². The largest absolute Gasteiger partial charge is 0.385 e. The van der Waals surface area contributed by atoms with Crippen LogP contribution in [0.4, 0.5) is 11.6 Å². The van der Waals surface area contributed by atoms with Gasteiger partial charge < -0.3 is 14.6 Å². The number of aromatic nitrogens is 2. The van der Waals surface area contributed by atoms with Gasteiger partial charge in [0.2, 0.25) is 5.95 Å². The SMILES string of the molecule is COCCCn1ccnc1Nc1ccc(Br)cc1C. The summed E-state index contributed by atoms with van der Waals surface area (Å²) in [5.41, 5.74) is 2.25. The third kappa shape index (κ3) is 3.81. The van der Waals surface area contributed by atoms with E-state index in [-0.39, 0.29) is 0 Å². The van der Waals surface area contributed by atoms with Crippen LogP contribution < -0.4 is 5.32 Å². The summed E-state index contributed by atoms with van der Waals surface area (Å²) in [6.45, 7) is 3.73. The van der Waals surface area contributed by atoms with Crippen LogP contribution in [-0.2, 0) is 11.3 Å². The van der Waals surface area contributed by atoms with Crippen molar-refractivity contribution in [1.29, 1.82) is 0 Å². The smallest absolute Gasteiger partial charge is 0.207 e. The second-order valence-electron chi connectivity index (χ2n) is 4.37. The summed E-state index contributed by atoms with van der Waals surface area (Å²) >= 11 is 3.47. The lowest BCUT2D eigenvalue weighted by Crippen LogP contribution is -2.05. The molecule has 0 amide bonds. The number of nitrogens with one attached hydrogen (secondary N) is 1. The van der Waals surface area contributed by atoms with E-state index in [4.69, 9.17) is 4.74 Å². The van der Waals surface area contributed by atoms with E-state index in [1.807, 2.05) is 24.5 Å². The highest BCUT2D eigenvalue weighted by Gasteiger charge is 2.05. The van der Waals surface area contributed by atoms with Crippen molar-refractivity contribution in [3.63, 3.8) is 0 Å². The summed E-state index contributed by atoms with van der Waals surface area (Å²) in [7, 11) is 1.72. The number of imidazole rings is 1. The summed E-state index contributed by atoms with van der Waals surface area (Å²) in [6, 6.07) is 6.15. The zero-order valence-electron chi connectivity index (χ0n) is 11.2. The number of anilines is 2. The van der Waals surface area contributed by atoms with Gasteiger partial charge >= 0.3 is 0 Å². The number of ether oxygens (including phenoxy) is 1. The van der Waals surface area contributed by atoms with Crippen LogP contribution in [0.2, 0.25) is 0 Å². The molecule has 4 nitrogen and oxygen atoms in total. The van der Waals surface area contributed by atoms with Gasteiger partial charge in [0.1, 0.15) is 0 Å². The maximum atomic E-state index is 5.07. The average Bonchev–Trinajstić information content (AvgIpc) is 2.81. The quantitative estimate of drug-likeness (QED) is 0.823. The molecule has 102 valence electrons. The minimum atomic E-state index is 0.759. The normalized spacial score (nSPS) is 10.7. The lowest BCUT2D eigenvalue weighted by Gasteiger charge is -2.11. The van der Waals surface area contributed by atoms with Gasteiger partial charge in [0.25, 0.3) is 0 Å².